The molecule has 2 rings (SSSR count). The van der Waals surface area contributed by atoms with E-state index in [1.54, 1.807) is 0 Å². The second kappa shape index (κ2) is 8.39. The fourth-order valence-electron chi connectivity index (χ4n) is 3.97. The molecule has 1 saturated heterocycles. The Hall–Kier alpha value is -1.30. The van der Waals surface area contributed by atoms with Gasteiger partial charge in [0.05, 0.1) is 6.10 Å². The Kier molecular flexibility index (Phi) is 6.72. The van der Waals surface area contributed by atoms with Gasteiger partial charge >= 0.3 is 6.03 Å². The van der Waals surface area contributed by atoms with Crippen LogP contribution in [0.25, 0.3) is 0 Å². The molecule has 1 heterocycles. The van der Waals surface area contributed by atoms with Gasteiger partial charge in [-0.25, -0.2) is 4.79 Å². The summed E-state index contributed by atoms with van der Waals surface area (Å²) in [7, 11) is 0. The van der Waals surface area contributed by atoms with E-state index in [4.69, 9.17) is 0 Å². The van der Waals surface area contributed by atoms with Crippen molar-refractivity contribution in [3.63, 3.8) is 0 Å². The summed E-state index contributed by atoms with van der Waals surface area (Å²) in [5.74, 6) is 0.432. The second-order valence-electron chi connectivity index (χ2n) is 8.84. The van der Waals surface area contributed by atoms with Crippen LogP contribution < -0.4 is 10.6 Å². The zero-order valence-corrected chi connectivity index (χ0v) is 16.2. The molecule has 144 valence electrons. The monoisotopic (exact) mass is 353 g/mol. The molecule has 0 aromatic rings. The Balaban J connectivity index is 1.87. The summed E-state index contributed by atoms with van der Waals surface area (Å²) < 4.78 is 0. The van der Waals surface area contributed by atoms with Crippen LogP contribution in [-0.2, 0) is 4.79 Å². The van der Waals surface area contributed by atoms with Crippen molar-refractivity contribution in [3.8, 4) is 0 Å². The summed E-state index contributed by atoms with van der Waals surface area (Å²) in [5, 5.41) is 15.8. The Morgan fingerprint density at radius 3 is 2.52 bits per heavy atom. The third kappa shape index (κ3) is 6.17. The molecule has 0 unspecified atom stereocenters. The molecule has 6 heteroatoms. The van der Waals surface area contributed by atoms with Gasteiger partial charge in [0.15, 0.2) is 0 Å². The molecule has 2 aliphatic rings. The number of aliphatic hydroxyl groups is 1. The van der Waals surface area contributed by atoms with Gasteiger partial charge in [0.1, 0.15) is 0 Å². The van der Waals surface area contributed by atoms with E-state index in [0.717, 1.165) is 38.6 Å². The summed E-state index contributed by atoms with van der Waals surface area (Å²) >= 11 is 0. The first kappa shape index (κ1) is 20.0. The molecule has 0 bridgehead atoms. The number of amides is 3. The quantitative estimate of drug-likeness (QED) is 0.728. The lowest BCUT2D eigenvalue weighted by Crippen LogP contribution is -2.53. The number of urea groups is 1. The fraction of sp³-hybridized carbons (Fsp3) is 0.895. The average Bonchev–Trinajstić information content (AvgIpc) is 2.52. The maximum absolute atomic E-state index is 12.8. The molecule has 25 heavy (non-hydrogen) atoms. The lowest BCUT2D eigenvalue weighted by Gasteiger charge is -2.39. The molecule has 1 aliphatic carbocycles. The van der Waals surface area contributed by atoms with Crippen LogP contribution in [0.4, 0.5) is 4.79 Å². The first-order valence-corrected chi connectivity index (χ1v) is 9.71. The van der Waals surface area contributed by atoms with Crippen LogP contribution in [0.5, 0.6) is 0 Å². The summed E-state index contributed by atoms with van der Waals surface area (Å²) in [6.07, 6.45) is 4.90. The zero-order valence-electron chi connectivity index (χ0n) is 16.2. The van der Waals surface area contributed by atoms with Crippen LogP contribution in [0.3, 0.4) is 0 Å². The molecule has 1 aliphatic heterocycles. The highest BCUT2D eigenvalue weighted by Crippen LogP contribution is 2.28. The molecule has 4 atom stereocenters. The van der Waals surface area contributed by atoms with Crippen molar-refractivity contribution in [3.05, 3.63) is 0 Å². The Morgan fingerprint density at radius 1 is 1.16 bits per heavy atom. The fourth-order valence-corrected chi connectivity index (χ4v) is 3.97. The number of nitrogens with one attached hydrogen (secondary N) is 2. The van der Waals surface area contributed by atoms with E-state index in [9.17, 15) is 14.7 Å². The number of piperidine rings is 1. The van der Waals surface area contributed by atoms with E-state index < -0.39 is 0 Å². The van der Waals surface area contributed by atoms with Crippen LogP contribution in [0, 0.1) is 11.8 Å². The van der Waals surface area contributed by atoms with Crippen LogP contribution in [0.1, 0.15) is 66.2 Å². The number of rotatable bonds is 3. The smallest absolute Gasteiger partial charge is 0.315 e. The van der Waals surface area contributed by atoms with Crippen molar-refractivity contribution in [2.75, 3.05) is 13.1 Å². The van der Waals surface area contributed by atoms with Gasteiger partial charge in [-0.15, -0.1) is 0 Å². The van der Waals surface area contributed by atoms with Gasteiger partial charge in [0.2, 0.25) is 5.91 Å². The standard InChI is InChI=1S/C19H35N3O3/c1-13(20-18(25)21-19(2,3)4)15-8-6-10-22(12-15)17(24)14-7-5-9-16(23)11-14/h13-16,23H,5-12H2,1-4H3,(H2,20,21,25)/t13-,14-,15+,16+/m0/s1. The maximum atomic E-state index is 12.8. The van der Waals surface area contributed by atoms with E-state index in [1.807, 2.05) is 32.6 Å². The topological polar surface area (TPSA) is 81.7 Å². The minimum Gasteiger partial charge on any atom is -0.393 e. The zero-order chi connectivity index (χ0) is 18.6. The van der Waals surface area contributed by atoms with Crippen molar-refractivity contribution < 1.29 is 14.7 Å². The lowest BCUT2D eigenvalue weighted by molar-refractivity contribution is -0.139. The van der Waals surface area contributed by atoms with Crippen molar-refractivity contribution in [1.29, 1.82) is 0 Å². The van der Waals surface area contributed by atoms with Crippen LogP contribution in [-0.4, -0.2) is 52.7 Å². The van der Waals surface area contributed by atoms with E-state index in [2.05, 4.69) is 10.6 Å². The summed E-state index contributed by atoms with van der Waals surface area (Å²) in [6.45, 7) is 9.38. The number of nitrogens with zero attached hydrogens (tertiary/aromatic N) is 1. The van der Waals surface area contributed by atoms with Gasteiger partial charge in [-0.2, -0.15) is 0 Å². The van der Waals surface area contributed by atoms with Crippen LogP contribution in [0.15, 0.2) is 0 Å². The second-order valence-corrected chi connectivity index (χ2v) is 8.84. The molecule has 3 N–H and O–H groups in total. The first-order valence-electron chi connectivity index (χ1n) is 9.71. The predicted molar refractivity (Wildman–Crippen MR) is 98.2 cm³/mol. The molecule has 1 saturated carbocycles. The van der Waals surface area contributed by atoms with E-state index >= 15 is 0 Å². The Labute approximate surface area is 151 Å². The number of aliphatic hydroxyl groups excluding tert-OH is 1. The Morgan fingerprint density at radius 2 is 1.88 bits per heavy atom. The SMILES string of the molecule is C[C@H](NC(=O)NC(C)(C)C)[C@@H]1CCCN(C(=O)[C@H]2CCC[C@@H](O)C2)C1. The first-order chi connectivity index (χ1) is 11.7. The molecule has 2 fully saturated rings. The molecule has 0 aromatic carbocycles. The molecular formula is C19H35N3O3. The number of hydrogen-bond donors (Lipinski definition) is 3. The van der Waals surface area contributed by atoms with Crippen LogP contribution in [0.2, 0.25) is 0 Å². The molecule has 0 spiro atoms. The number of likely N-dealkylation sites (tertiary alicyclic amines) is 1. The highest BCUT2D eigenvalue weighted by molar-refractivity contribution is 5.79. The highest BCUT2D eigenvalue weighted by Gasteiger charge is 2.33. The largest absolute Gasteiger partial charge is 0.393 e. The van der Waals surface area contributed by atoms with Gasteiger partial charge < -0.3 is 20.6 Å². The Bertz CT molecular complexity index is 475. The van der Waals surface area contributed by atoms with Crippen molar-refractivity contribution in [2.24, 2.45) is 11.8 Å². The van der Waals surface area contributed by atoms with Gasteiger partial charge in [0.25, 0.3) is 0 Å². The number of carbonyl (C=O) groups excluding carboxylic acids is 2. The molecule has 0 radical (unpaired) electrons. The number of carbonyl (C=O) groups is 2. The summed E-state index contributed by atoms with van der Waals surface area (Å²) in [6, 6.07) is -0.131. The molecule has 0 aromatic heterocycles. The lowest BCUT2D eigenvalue weighted by atomic mass is 9.85. The normalized spacial score (nSPS) is 29.0. The minimum atomic E-state index is -0.329. The van der Waals surface area contributed by atoms with Crippen molar-refractivity contribution in [2.45, 2.75) is 83.9 Å². The minimum absolute atomic E-state index is 0.0231. The summed E-state index contributed by atoms with van der Waals surface area (Å²) in [5.41, 5.74) is -0.264. The van der Waals surface area contributed by atoms with Gasteiger partial charge in [0, 0.05) is 30.6 Å². The van der Waals surface area contributed by atoms with Crippen molar-refractivity contribution in [1.82, 2.24) is 15.5 Å². The predicted octanol–water partition coefficient (Wildman–Crippen LogP) is 2.26. The number of hydrogen-bond acceptors (Lipinski definition) is 3. The maximum Gasteiger partial charge on any atom is 0.315 e. The van der Waals surface area contributed by atoms with Gasteiger partial charge in [-0.3, -0.25) is 4.79 Å². The third-order valence-corrected chi connectivity index (χ3v) is 5.32. The molecular weight excluding hydrogens is 318 g/mol. The van der Waals surface area contributed by atoms with Crippen molar-refractivity contribution >= 4 is 11.9 Å². The van der Waals surface area contributed by atoms with E-state index in [0.29, 0.717) is 13.0 Å². The van der Waals surface area contributed by atoms with Crippen LogP contribution >= 0.6 is 0 Å². The van der Waals surface area contributed by atoms with E-state index in [-0.39, 0.29) is 41.5 Å². The molecule has 6 nitrogen and oxygen atoms in total. The van der Waals surface area contributed by atoms with Gasteiger partial charge in [-0.1, -0.05) is 6.42 Å². The van der Waals surface area contributed by atoms with Gasteiger partial charge in [-0.05, 0) is 65.7 Å². The molecule has 3 amide bonds. The highest BCUT2D eigenvalue weighted by atomic mass is 16.3. The third-order valence-electron chi connectivity index (χ3n) is 5.32. The summed E-state index contributed by atoms with van der Waals surface area (Å²) in [4.78, 5) is 26.8. The van der Waals surface area contributed by atoms with E-state index in [1.165, 1.54) is 0 Å². The average molecular weight is 354 g/mol.